The molecular weight excluding hydrogens is 242 g/mol. The van der Waals surface area contributed by atoms with E-state index in [9.17, 15) is 13.2 Å². The first-order valence-corrected chi connectivity index (χ1v) is 7.05. The first-order chi connectivity index (χ1) is 8.05. The molecule has 0 spiro atoms. The molecule has 0 aliphatic carbocycles. The van der Waals surface area contributed by atoms with E-state index in [1.807, 2.05) is 0 Å². The molecule has 2 rings (SSSR count). The molecule has 0 unspecified atom stereocenters. The number of sulfone groups is 1. The molecule has 1 aromatic rings. The molecule has 1 aromatic heterocycles. The van der Waals surface area contributed by atoms with Crippen LogP contribution < -0.4 is 10.6 Å². The van der Waals surface area contributed by atoms with Gasteiger partial charge in [0.15, 0.2) is 9.84 Å². The number of hydrogen-bond acceptors (Lipinski definition) is 4. The van der Waals surface area contributed by atoms with Crippen molar-refractivity contribution in [3.8, 4) is 0 Å². The Kier molecular flexibility index (Phi) is 3.28. The molecule has 7 heteroatoms. The summed E-state index contributed by atoms with van der Waals surface area (Å²) in [4.78, 5) is 15.4. The van der Waals surface area contributed by atoms with E-state index < -0.39 is 15.9 Å². The van der Waals surface area contributed by atoms with Crippen LogP contribution in [0, 0.1) is 0 Å². The van der Waals surface area contributed by atoms with Gasteiger partial charge in [0, 0.05) is 12.2 Å². The number of nitrogens with one attached hydrogen (secondary N) is 2. The van der Waals surface area contributed by atoms with E-state index in [0.717, 1.165) is 0 Å². The maximum absolute atomic E-state index is 11.5. The number of carbonyl (C=O) groups excluding carboxylic acids is 1. The predicted octanol–water partition coefficient (Wildman–Crippen LogP) is 0.390. The summed E-state index contributed by atoms with van der Waals surface area (Å²) in [5.41, 5.74) is 0.575. The SMILES string of the molecule is O=C(Nc1cccnc1)N[C@@H]1CCS(=O)(=O)C1. The first kappa shape index (κ1) is 11.8. The average Bonchev–Trinajstić information content (AvgIpc) is 2.59. The molecule has 0 radical (unpaired) electrons. The first-order valence-electron chi connectivity index (χ1n) is 5.23. The monoisotopic (exact) mass is 255 g/mol. The molecule has 0 aromatic carbocycles. The Hall–Kier alpha value is -1.63. The van der Waals surface area contributed by atoms with Gasteiger partial charge in [-0.2, -0.15) is 0 Å². The van der Waals surface area contributed by atoms with Gasteiger partial charge in [0.2, 0.25) is 0 Å². The molecule has 6 nitrogen and oxygen atoms in total. The summed E-state index contributed by atoms with van der Waals surface area (Å²) in [5.74, 6) is 0.165. The number of rotatable bonds is 2. The van der Waals surface area contributed by atoms with Crippen LogP contribution in [0.4, 0.5) is 10.5 Å². The second-order valence-electron chi connectivity index (χ2n) is 3.94. The van der Waals surface area contributed by atoms with Crippen LogP contribution in [0.3, 0.4) is 0 Å². The highest BCUT2D eigenvalue weighted by molar-refractivity contribution is 7.91. The summed E-state index contributed by atoms with van der Waals surface area (Å²) < 4.78 is 22.4. The number of nitrogens with zero attached hydrogens (tertiary/aromatic N) is 1. The predicted molar refractivity (Wildman–Crippen MR) is 63.5 cm³/mol. The summed E-state index contributed by atoms with van der Waals surface area (Å²) in [5, 5.41) is 5.21. The smallest absolute Gasteiger partial charge is 0.319 e. The highest BCUT2D eigenvalue weighted by Crippen LogP contribution is 2.11. The van der Waals surface area contributed by atoms with Crippen LogP contribution in [-0.4, -0.2) is 37.0 Å². The third kappa shape index (κ3) is 3.42. The minimum absolute atomic E-state index is 0.0213. The van der Waals surface area contributed by atoms with Gasteiger partial charge >= 0.3 is 6.03 Å². The van der Waals surface area contributed by atoms with Gasteiger partial charge < -0.3 is 10.6 Å². The van der Waals surface area contributed by atoms with Crippen LogP contribution in [0.15, 0.2) is 24.5 Å². The summed E-state index contributed by atoms with van der Waals surface area (Å²) in [6.45, 7) is 0. The van der Waals surface area contributed by atoms with Gasteiger partial charge in [0.05, 0.1) is 23.4 Å². The van der Waals surface area contributed by atoms with E-state index in [1.165, 1.54) is 6.20 Å². The zero-order valence-electron chi connectivity index (χ0n) is 9.09. The largest absolute Gasteiger partial charge is 0.334 e. The Morgan fingerprint density at radius 1 is 1.47 bits per heavy atom. The molecule has 1 aliphatic heterocycles. The van der Waals surface area contributed by atoms with Crippen molar-refractivity contribution in [1.82, 2.24) is 10.3 Å². The summed E-state index contributed by atoms with van der Waals surface area (Å²) >= 11 is 0. The maximum atomic E-state index is 11.5. The topological polar surface area (TPSA) is 88.2 Å². The lowest BCUT2D eigenvalue weighted by molar-refractivity contribution is 0.249. The Balaban J connectivity index is 1.87. The van der Waals surface area contributed by atoms with E-state index >= 15 is 0 Å². The third-order valence-corrected chi connectivity index (χ3v) is 4.26. The number of aromatic nitrogens is 1. The fourth-order valence-corrected chi connectivity index (χ4v) is 3.37. The molecular formula is C10H13N3O3S. The Bertz CT molecular complexity index is 501. The van der Waals surface area contributed by atoms with Gasteiger partial charge in [-0.3, -0.25) is 4.98 Å². The zero-order chi connectivity index (χ0) is 12.3. The third-order valence-electron chi connectivity index (χ3n) is 2.49. The van der Waals surface area contributed by atoms with Crippen molar-refractivity contribution in [2.45, 2.75) is 12.5 Å². The van der Waals surface area contributed by atoms with Gasteiger partial charge in [-0.15, -0.1) is 0 Å². The minimum Gasteiger partial charge on any atom is -0.334 e. The fraction of sp³-hybridized carbons (Fsp3) is 0.400. The van der Waals surface area contributed by atoms with E-state index in [0.29, 0.717) is 12.1 Å². The molecule has 1 atom stereocenters. The van der Waals surface area contributed by atoms with E-state index in [-0.39, 0.29) is 17.5 Å². The molecule has 0 bridgehead atoms. The van der Waals surface area contributed by atoms with E-state index in [2.05, 4.69) is 15.6 Å². The van der Waals surface area contributed by atoms with Crippen molar-refractivity contribution >= 4 is 21.6 Å². The summed E-state index contributed by atoms with van der Waals surface area (Å²) in [6, 6.07) is 2.71. The number of hydrogen-bond donors (Lipinski definition) is 2. The average molecular weight is 255 g/mol. The molecule has 1 aliphatic rings. The van der Waals surface area contributed by atoms with Crippen molar-refractivity contribution in [2.24, 2.45) is 0 Å². The Morgan fingerprint density at radius 3 is 2.88 bits per heavy atom. The van der Waals surface area contributed by atoms with Crippen molar-refractivity contribution < 1.29 is 13.2 Å². The summed E-state index contributed by atoms with van der Waals surface area (Å²) in [7, 11) is -2.97. The van der Waals surface area contributed by atoms with Crippen molar-refractivity contribution in [2.75, 3.05) is 16.8 Å². The highest BCUT2D eigenvalue weighted by atomic mass is 32.2. The second-order valence-corrected chi connectivity index (χ2v) is 6.17. The van der Waals surface area contributed by atoms with Gasteiger partial charge in [-0.25, -0.2) is 13.2 Å². The summed E-state index contributed by atoms with van der Waals surface area (Å²) in [6.07, 6.45) is 3.60. The minimum atomic E-state index is -2.97. The number of urea groups is 1. The van der Waals surface area contributed by atoms with Crippen LogP contribution >= 0.6 is 0 Å². The van der Waals surface area contributed by atoms with Gasteiger partial charge in [0.25, 0.3) is 0 Å². The Morgan fingerprint density at radius 2 is 2.29 bits per heavy atom. The highest BCUT2D eigenvalue weighted by Gasteiger charge is 2.28. The van der Waals surface area contributed by atoms with Crippen molar-refractivity contribution in [1.29, 1.82) is 0 Å². The molecule has 1 saturated heterocycles. The van der Waals surface area contributed by atoms with Gasteiger partial charge in [0.1, 0.15) is 0 Å². The second kappa shape index (κ2) is 4.70. The molecule has 0 saturated carbocycles. The van der Waals surface area contributed by atoms with Crippen LogP contribution in [0.1, 0.15) is 6.42 Å². The number of carbonyl (C=O) groups is 1. The molecule has 2 N–H and O–H groups in total. The normalized spacial score (nSPS) is 22.0. The molecule has 92 valence electrons. The van der Waals surface area contributed by atoms with Gasteiger partial charge in [-0.05, 0) is 18.6 Å². The quantitative estimate of drug-likeness (QED) is 0.800. The fourth-order valence-electron chi connectivity index (χ4n) is 1.70. The lowest BCUT2D eigenvalue weighted by atomic mass is 10.3. The van der Waals surface area contributed by atoms with Crippen molar-refractivity contribution in [3.05, 3.63) is 24.5 Å². The van der Waals surface area contributed by atoms with Crippen LogP contribution in [0.25, 0.3) is 0 Å². The molecule has 17 heavy (non-hydrogen) atoms. The lowest BCUT2D eigenvalue weighted by Crippen LogP contribution is -2.38. The van der Waals surface area contributed by atoms with Crippen molar-refractivity contribution in [3.63, 3.8) is 0 Å². The van der Waals surface area contributed by atoms with Gasteiger partial charge in [-0.1, -0.05) is 0 Å². The number of pyridine rings is 1. The molecule has 2 amide bonds. The zero-order valence-corrected chi connectivity index (χ0v) is 9.90. The Labute approximate surface area is 99.4 Å². The van der Waals surface area contributed by atoms with Crippen LogP contribution in [-0.2, 0) is 9.84 Å². The standard InChI is InChI=1S/C10H13N3O3S/c14-10(12-8-2-1-4-11-6-8)13-9-3-5-17(15,16)7-9/h1-2,4,6,9H,3,5,7H2,(H2,12,13,14)/t9-/m1/s1. The van der Waals surface area contributed by atoms with Crippen LogP contribution in [0.2, 0.25) is 0 Å². The number of anilines is 1. The lowest BCUT2D eigenvalue weighted by Gasteiger charge is -2.11. The van der Waals surface area contributed by atoms with E-state index in [1.54, 1.807) is 18.3 Å². The molecule has 1 fully saturated rings. The molecule has 2 heterocycles. The number of amides is 2. The van der Waals surface area contributed by atoms with Crippen LogP contribution in [0.5, 0.6) is 0 Å². The van der Waals surface area contributed by atoms with E-state index in [4.69, 9.17) is 0 Å². The maximum Gasteiger partial charge on any atom is 0.319 e.